The Morgan fingerprint density at radius 1 is 1.12 bits per heavy atom. The molecule has 6 heteroatoms. The summed E-state index contributed by atoms with van der Waals surface area (Å²) in [5, 5.41) is 12.6. The average molecular weight is 360 g/mol. The molecule has 0 aromatic heterocycles. The van der Waals surface area contributed by atoms with E-state index in [1.165, 1.54) is 0 Å². The zero-order chi connectivity index (χ0) is 18.4. The lowest BCUT2D eigenvalue weighted by Gasteiger charge is -2.27. The lowest BCUT2D eigenvalue weighted by molar-refractivity contribution is -0.143. The molecule has 0 bridgehead atoms. The van der Waals surface area contributed by atoms with Crippen molar-refractivity contribution in [3.05, 3.63) is 29.8 Å². The summed E-state index contributed by atoms with van der Waals surface area (Å²) >= 11 is 0. The van der Waals surface area contributed by atoms with Gasteiger partial charge < -0.3 is 20.1 Å². The van der Waals surface area contributed by atoms with Crippen molar-refractivity contribution in [2.24, 2.45) is 5.92 Å². The van der Waals surface area contributed by atoms with E-state index < -0.39 is 5.97 Å². The van der Waals surface area contributed by atoms with Crippen molar-refractivity contribution in [3.8, 4) is 5.75 Å². The third-order valence-electron chi connectivity index (χ3n) is 5.44. The highest BCUT2D eigenvalue weighted by Crippen LogP contribution is 2.25. The fourth-order valence-electron chi connectivity index (χ4n) is 3.79. The van der Waals surface area contributed by atoms with Crippen LogP contribution in [-0.4, -0.2) is 47.6 Å². The van der Waals surface area contributed by atoms with Gasteiger partial charge in [0, 0.05) is 31.2 Å². The zero-order valence-corrected chi connectivity index (χ0v) is 15.2. The fourth-order valence-corrected chi connectivity index (χ4v) is 3.79. The number of nitrogens with zero attached hydrogens (tertiary/aromatic N) is 1. The number of nitrogens with one attached hydrogen (secondary N) is 1. The van der Waals surface area contributed by atoms with Crippen molar-refractivity contribution in [2.75, 3.05) is 19.7 Å². The fraction of sp³-hybridized carbons (Fsp3) is 0.600. The molecule has 1 heterocycles. The molecular weight excluding hydrogens is 332 g/mol. The molecule has 3 rings (SSSR count). The first-order chi connectivity index (χ1) is 12.6. The Bertz CT molecular complexity index is 620. The molecule has 1 amide bonds. The van der Waals surface area contributed by atoms with Gasteiger partial charge in [0.25, 0.3) is 5.91 Å². The van der Waals surface area contributed by atoms with Gasteiger partial charge in [-0.25, -0.2) is 0 Å². The van der Waals surface area contributed by atoms with Crippen LogP contribution in [0.25, 0.3) is 0 Å². The molecule has 2 N–H and O–H groups in total. The Balaban J connectivity index is 1.48. The van der Waals surface area contributed by atoms with E-state index in [1.807, 2.05) is 29.2 Å². The van der Waals surface area contributed by atoms with E-state index in [9.17, 15) is 9.59 Å². The molecule has 0 spiro atoms. The van der Waals surface area contributed by atoms with Gasteiger partial charge in [-0.2, -0.15) is 0 Å². The highest BCUT2D eigenvalue weighted by Gasteiger charge is 2.25. The number of ether oxygens (including phenoxy) is 1. The van der Waals surface area contributed by atoms with Crippen LogP contribution in [0, 0.1) is 5.92 Å². The summed E-state index contributed by atoms with van der Waals surface area (Å²) < 4.78 is 5.79. The van der Waals surface area contributed by atoms with E-state index in [1.54, 1.807) is 0 Å². The number of benzene rings is 1. The van der Waals surface area contributed by atoms with Crippen LogP contribution in [-0.2, 0) is 16.1 Å². The maximum absolute atomic E-state index is 12.2. The zero-order valence-electron chi connectivity index (χ0n) is 15.2. The second kappa shape index (κ2) is 9.03. The first-order valence-electron chi connectivity index (χ1n) is 9.58. The molecule has 1 aliphatic heterocycles. The molecule has 0 atom stereocenters. The van der Waals surface area contributed by atoms with E-state index in [-0.39, 0.29) is 18.4 Å². The second-order valence-electron chi connectivity index (χ2n) is 7.25. The van der Waals surface area contributed by atoms with E-state index in [0.717, 1.165) is 62.9 Å². The molecule has 6 nitrogen and oxygen atoms in total. The second-order valence-corrected chi connectivity index (χ2v) is 7.25. The quantitative estimate of drug-likeness (QED) is 0.781. The molecule has 142 valence electrons. The number of aliphatic carboxylic acids is 1. The SMILES string of the molecule is O=C(O)C1CCC(NCc2ccccc2OCC(=O)N2CCCC2)CC1. The number of likely N-dealkylation sites (tertiary alicyclic amines) is 1. The Hall–Kier alpha value is -2.08. The lowest BCUT2D eigenvalue weighted by atomic mass is 9.86. The maximum Gasteiger partial charge on any atom is 0.306 e. The Kier molecular flexibility index (Phi) is 6.50. The molecule has 26 heavy (non-hydrogen) atoms. The molecular formula is C20H28N2O4. The average Bonchev–Trinajstić information content (AvgIpc) is 3.20. The molecule has 2 fully saturated rings. The highest BCUT2D eigenvalue weighted by molar-refractivity contribution is 5.78. The van der Waals surface area contributed by atoms with E-state index in [4.69, 9.17) is 9.84 Å². The van der Waals surface area contributed by atoms with E-state index in [0.29, 0.717) is 12.6 Å². The first-order valence-corrected chi connectivity index (χ1v) is 9.58. The summed E-state index contributed by atoms with van der Waals surface area (Å²) in [6.45, 7) is 2.42. The van der Waals surface area contributed by atoms with E-state index in [2.05, 4.69) is 5.32 Å². The normalized spacial score (nSPS) is 23.0. The number of carbonyl (C=O) groups is 2. The van der Waals surface area contributed by atoms with Crippen molar-refractivity contribution in [1.82, 2.24) is 10.2 Å². The van der Waals surface area contributed by atoms with Gasteiger partial charge in [-0.1, -0.05) is 18.2 Å². The molecule has 0 unspecified atom stereocenters. The van der Waals surface area contributed by atoms with Crippen LogP contribution in [0.5, 0.6) is 5.75 Å². The standard InChI is InChI=1S/C20H28N2O4/c23-19(22-11-3-4-12-22)14-26-18-6-2-1-5-16(18)13-21-17-9-7-15(8-10-17)20(24)25/h1-2,5-6,15,17,21H,3-4,7-14H2,(H,24,25). The smallest absolute Gasteiger partial charge is 0.306 e. The molecule has 2 aliphatic rings. The number of para-hydroxylation sites is 1. The van der Waals surface area contributed by atoms with Crippen molar-refractivity contribution in [2.45, 2.75) is 51.1 Å². The van der Waals surface area contributed by atoms with Gasteiger partial charge in [-0.05, 0) is 44.6 Å². The van der Waals surface area contributed by atoms with Crippen LogP contribution in [0.3, 0.4) is 0 Å². The molecule has 0 radical (unpaired) electrons. The van der Waals surface area contributed by atoms with Crippen molar-refractivity contribution in [3.63, 3.8) is 0 Å². The van der Waals surface area contributed by atoms with Gasteiger partial charge in [-0.3, -0.25) is 9.59 Å². The van der Waals surface area contributed by atoms with Gasteiger partial charge in [-0.15, -0.1) is 0 Å². The van der Waals surface area contributed by atoms with Gasteiger partial charge in [0.05, 0.1) is 5.92 Å². The number of hydrogen-bond acceptors (Lipinski definition) is 4. The monoisotopic (exact) mass is 360 g/mol. The molecule has 1 saturated heterocycles. The Labute approximate surface area is 154 Å². The van der Waals surface area contributed by atoms with Crippen LogP contribution in [0.4, 0.5) is 0 Å². The summed E-state index contributed by atoms with van der Waals surface area (Å²) in [7, 11) is 0. The number of carboxylic acids is 1. The number of amides is 1. The third kappa shape index (κ3) is 4.97. The molecule has 1 aromatic carbocycles. The summed E-state index contributed by atoms with van der Waals surface area (Å²) in [4.78, 5) is 25.1. The van der Waals surface area contributed by atoms with Crippen LogP contribution in [0.15, 0.2) is 24.3 Å². The van der Waals surface area contributed by atoms with Crippen molar-refractivity contribution >= 4 is 11.9 Å². The van der Waals surface area contributed by atoms with Gasteiger partial charge >= 0.3 is 5.97 Å². The largest absolute Gasteiger partial charge is 0.483 e. The Morgan fingerprint density at radius 2 is 1.81 bits per heavy atom. The van der Waals surface area contributed by atoms with Gasteiger partial charge in [0.15, 0.2) is 6.61 Å². The summed E-state index contributed by atoms with van der Waals surface area (Å²) in [6.07, 6.45) is 5.39. The summed E-state index contributed by atoms with van der Waals surface area (Å²) in [6, 6.07) is 8.12. The van der Waals surface area contributed by atoms with Crippen LogP contribution < -0.4 is 10.1 Å². The third-order valence-corrected chi connectivity index (χ3v) is 5.44. The number of hydrogen-bond donors (Lipinski definition) is 2. The van der Waals surface area contributed by atoms with Crippen LogP contribution in [0.2, 0.25) is 0 Å². The summed E-state index contributed by atoms with van der Waals surface area (Å²) in [5.41, 5.74) is 1.03. The number of rotatable bonds is 7. The Morgan fingerprint density at radius 3 is 2.50 bits per heavy atom. The minimum absolute atomic E-state index is 0.0530. The van der Waals surface area contributed by atoms with Crippen molar-refractivity contribution in [1.29, 1.82) is 0 Å². The molecule has 1 aliphatic carbocycles. The predicted molar refractivity (Wildman–Crippen MR) is 98.0 cm³/mol. The maximum atomic E-state index is 12.2. The van der Waals surface area contributed by atoms with Gasteiger partial charge in [0.1, 0.15) is 5.75 Å². The van der Waals surface area contributed by atoms with Crippen LogP contribution >= 0.6 is 0 Å². The predicted octanol–water partition coefficient (Wildman–Crippen LogP) is 2.42. The topological polar surface area (TPSA) is 78.9 Å². The number of carbonyl (C=O) groups excluding carboxylic acids is 1. The first kappa shape index (κ1) is 18.7. The molecule has 1 aromatic rings. The van der Waals surface area contributed by atoms with Gasteiger partial charge in [0.2, 0.25) is 0 Å². The lowest BCUT2D eigenvalue weighted by Crippen LogP contribution is -2.35. The van der Waals surface area contributed by atoms with E-state index >= 15 is 0 Å². The minimum Gasteiger partial charge on any atom is -0.483 e. The minimum atomic E-state index is -0.676. The van der Waals surface area contributed by atoms with Crippen LogP contribution in [0.1, 0.15) is 44.1 Å². The number of carboxylic acid groups (broad SMARTS) is 1. The highest BCUT2D eigenvalue weighted by atomic mass is 16.5. The molecule has 1 saturated carbocycles. The summed E-state index contributed by atoms with van der Waals surface area (Å²) in [5.74, 6) is -0.0749. The van der Waals surface area contributed by atoms with Crippen molar-refractivity contribution < 1.29 is 19.4 Å².